The Morgan fingerprint density at radius 3 is 2.23 bits per heavy atom. The van der Waals surface area contributed by atoms with Crippen LogP contribution in [0.4, 0.5) is 0 Å². The van der Waals surface area contributed by atoms with E-state index in [-0.39, 0.29) is 0 Å². The first kappa shape index (κ1) is 15.6. The van der Waals surface area contributed by atoms with E-state index in [4.69, 9.17) is 14.2 Å². The molecule has 0 aliphatic rings. The molecule has 0 saturated heterocycles. The van der Waals surface area contributed by atoms with Crippen molar-refractivity contribution >= 4 is 12.4 Å². The van der Waals surface area contributed by atoms with E-state index in [1.807, 2.05) is 30.4 Å². The third-order valence-electron chi connectivity index (χ3n) is 3.08. The summed E-state index contributed by atoms with van der Waals surface area (Å²) in [5, 5.41) is 0. The molecule has 0 bridgehead atoms. The summed E-state index contributed by atoms with van der Waals surface area (Å²) in [5.74, 6) is 2.01. The van der Waals surface area contributed by atoms with Crippen LogP contribution in [0.5, 0.6) is 17.2 Å². The highest BCUT2D eigenvalue weighted by molar-refractivity contribution is 5.75. The lowest BCUT2D eigenvalue weighted by Gasteiger charge is -2.09. The van der Waals surface area contributed by atoms with Gasteiger partial charge in [-0.3, -0.25) is 4.79 Å². The van der Waals surface area contributed by atoms with Crippen LogP contribution in [-0.4, -0.2) is 27.1 Å². The van der Waals surface area contributed by atoms with Crippen molar-refractivity contribution in [3.8, 4) is 17.2 Å². The summed E-state index contributed by atoms with van der Waals surface area (Å²) in [5.41, 5.74) is 1.68. The summed E-state index contributed by atoms with van der Waals surface area (Å²) in [4.78, 5) is 10.6. The quantitative estimate of drug-likeness (QED) is 0.733. The maximum Gasteiger partial charge on any atom is 0.164 e. The molecular formula is C18H18O4. The summed E-state index contributed by atoms with van der Waals surface area (Å²) < 4.78 is 16.0. The molecule has 4 heteroatoms. The smallest absolute Gasteiger partial charge is 0.164 e. The number of carbonyl (C=O) groups excluding carboxylic acids is 1. The van der Waals surface area contributed by atoms with Crippen LogP contribution < -0.4 is 14.2 Å². The van der Waals surface area contributed by atoms with Gasteiger partial charge in [-0.15, -0.1) is 0 Å². The van der Waals surface area contributed by atoms with Crippen LogP contribution in [0.25, 0.3) is 6.08 Å². The van der Waals surface area contributed by atoms with Crippen LogP contribution in [0, 0.1) is 0 Å². The summed E-state index contributed by atoms with van der Waals surface area (Å²) in [6, 6.07) is 12.7. The number of benzene rings is 2. The van der Waals surface area contributed by atoms with Gasteiger partial charge >= 0.3 is 0 Å². The Morgan fingerprint density at radius 2 is 1.59 bits per heavy atom. The highest BCUT2D eigenvalue weighted by Crippen LogP contribution is 2.30. The standard InChI is InChI=1S/C18H18O4/c1-20-17-10-9-16(12-18(17)21-2)22-11-3-4-14-5-7-15(13-19)8-6-14/h3-10,12-13H,11H2,1-2H3. The van der Waals surface area contributed by atoms with E-state index in [9.17, 15) is 4.79 Å². The van der Waals surface area contributed by atoms with E-state index in [1.54, 1.807) is 38.5 Å². The Bertz CT molecular complexity index is 645. The van der Waals surface area contributed by atoms with Crippen molar-refractivity contribution in [3.63, 3.8) is 0 Å². The Morgan fingerprint density at radius 1 is 0.909 bits per heavy atom. The second-order valence-electron chi connectivity index (χ2n) is 4.51. The molecule has 0 saturated carbocycles. The fourth-order valence-electron chi connectivity index (χ4n) is 1.92. The van der Waals surface area contributed by atoms with Crippen molar-refractivity contribution in [2.24, 2.45) is 0 Å². The normalized spacial score (nSPS) is 10.5. The highest BCUT2D eigenvalue weighted by Gasteiger charge is 2.04. The summed E-state index contributed by atoms with van der Waals surface area (Å²) >= 11 is 0. The zero-order valence-corrected chi connectivity index (χ0v) is 12.6. The second kappa shape index (κ2) is 7.88. The number of carbonyl (C=O) groups is 1. The van der Waals surface area contributed by atoms with Gasteiger partial charge in [-0.05, 0) is 23.8 Å². The molecule has 0 unspecified atom stereocenters. The third kappa shape index (κ3) is 4.12. The fraction of sp³-hybridized carbons (Fsp3) is 0.167. The topological polar surface area (TPSA) is 44.8 Å². The summed E-state index contributed by atoms with van der Waals surface area (Å²) in [7, 11) is 3.18. The first-order chi connectivity index (χ1) is 10.8. The lowest BCUT2D eigenvalue weighted by atomic mass is 10.1. The molecule has 0 aliphatic heterocycles. The Balaban J connectivity index is 1.92. The van der Waals surface area contributed by atoms with E-state index >= 15 is 0 Å². The van der Waals surface area contributed by atoms with E-state index in [0.29, 0.717) is 29.4 Å². The van der Waals surface area contributed by atoms with Gasteiger partial charge < -0.3 is 14.2 Å². The maximum atomic E-state index is 10.6. The molecule has 114 valence electrons. The van der Waals surface area contributed by atoms with Crippen LogP contribution in [0.2, 0.25) is 0 Å². The van der Waals surface area contributed by atoms with Gasteiger partial charge in [-0.25, -0.2) is 0 Å². The van der Waals surface area contributed by atoms with Gasteiger partial charge in [0.25, 0.3) is 0 Å². The number of methoxy groups -OCH3 is 2. The summed E-state index contributed by atoms with van der Waals surface area (Å²) in [6.07, 6.45) is 4.68. The summed E-state index contributed by atoms with van der Waals surface area (Å²) in [6.45, 7) is 0.435. The molecule has 0 heterocycles. The number of rotatable bonds is 7. The van der Waals surface area contributed by atoms with Crippen LogP contribution in [0.1, 0.15) is 15.9 Å². The van der Waals surface area contributed by atoms with Crippen molar-refractivity contribution < 1.29 is 19.0 Å². The Hall–Kier alpha value is -2.75. The first-order valence-corrected chi connectivity index (χ1v) is 6.83. The molecule has 0 N–H and O–H groups in total. The van der Waals surface area contributed by atoms with Gasteiger partial charge in [-0.1, -0.05) is 30.3 Å². The van der Waals surface area contributed by atoms with Crippen LogP contribution >= 0.6 is 0 Å². The minimum atomic E-state index is 0.435. The SMILES string of the molecule is COc1ccc(OCC=Cc2ccc(C=O)cc2)cc1OC. The van der Waals surface area contributed by atoms with Crippen molar-refractivity contribution in [3.05, 3.63) is 59.7 Å². The maximum absolute atomic E-state index is 10.6. The zero-order valence-electron chi connectivity index (χ0n) is 12.6. The van der Waals surface area contributed by atoms with E-state index < -0.39 is 0 Å². The van der Waals surface area contributed by atoms with Crippen LogP contribution in [0.3, 0.4) is 0 Å². The second-order valence-corrected chi connectivity index (χ2v) is 4.51. The van der Waals surface area contributed by atoms with Gasteiger partial charge in [0.05, 0.1) is 14.2 Å². The molecule has 0 aromatic heterocycles. The van der Waals surface area contributed by atoms with Crippen molar-refractivity contribution in [2.75, 3.05) is 20.8 Å². The monoisotopic (exact) mass is 298 g/mol. The molecule has 2 rings (SSSR count). The average molecular weight is 298 g/mol. The molecule has 0 aliphatic carbocycles. The molecule has 2 aromatic carbocycles. The third-order valence-corrected chi connectivity index (χ3v) is 3.08. The van der Waals surface area contributed by atoms with Gasteiger partial charge in [0, 0.05) is 11.6 Å². The molecular weight excluding hydrogens is 280 g/mol. The molecule has 2 aromatic rings. The first-order valence-electron chi connectivity index (χ1n) is 6.83. The number of hydrogen-bond donors (Lipinski definition) is 0. The molecule has 0 amide bonds. The van der Waals surface area contributed by atoms with Crippen molar-refractivity contribution in [2.45, 2.75) is 0 Å². The lowest BCUT2D eigenvalue weighted by Crippen LogP contribution is -1.95. The van der Waals surface area contributed by atoms with Gasteiger partial charge in [0.2, 0.25) is 0 Å². The zero-order chi connectivity index (χ0) is 15.8. The highest BCUT2D eigenvalue weighted by atomic mass is 16.5. The van der Waals surface area contributed by atoms with Gasteiger partial charge in [0.15, 0.2) is 11.5 Å². The number of aldehydes is 1. The fourth-order valence-corrected chi connectivity index (χ4v) is 1.92. The largest absolute Gasteiger partial charge is 0.493 e. The minimum Gasteiger partial charge on any atom is -0.493 e. The lowest BCUT2D eigenvalue weighted by molar-refractivity contribution is 0.112. The minimum absolute atomic E-state index is 0.435. The van der Waals surface area contributed by atoms with E-state index in [1.165, 1.54) is 0 Å². The predicted molar refractivity (Wildman–Crippen MR) is 85.9 cm³/mol. The van der Waals surface area contributed by atoms with Crippen LogP contribution in [0.15, 0.2) is 48.5 Å². The molecule has 0 radical (unpaired) electrons. The molecule has 0 spiro atoms. The van der Waals surface area contributed by atoms with Crippen LogP contribution in [-0.2, 0) is 0 Å². The van der Waals surface area contributed by atoms with Gasteiger partial charge in [-0.2, -0.15) is 0 Å². The van der Waals surface area contributed by atoms with E-state index in [0.717, 1.165) is 11.8 Å². The molecule has 0 atom stereocenters. The van der Waals surface area contributed by atoms with Crippen molar-refractivity contribution in [1.29, 1.82) is 0 Å². The van der Waals surface area contributed by atoms with Crippen molar-refractivity contribution in [1.82, 2.24) is 0 Å². The predicted octanol–water partition coefficient (Wildman–Crippen LogP) is 3.61. The average Bonchev–Trinajstić information content (AvgIpc) is 2.59. The molecule has 22 heavy (non-hydrogen) atoms. The molecule has 0 fully saturated rings. The Labute approximate surface area is 129 Å². The Kier molecular flexibility index (Phi) is 5.60. The van der Waals surface area contributed by atoms with Gasteiger partial charge in [0.1, 0.15) is 18.6 Å². The molecule has 4 nitrogen and oxygen atoms in total. The number of ether oxygens (including phenoxy) is 3. The number of hydrogen-bond acceptors (Lipinski definition) is 4. The van der Waals surface area contributed by atoms with E-state index in [2.05, 4.69) is 0 Å².